The van der Waals surface area contributed by atoms with Crippen LogP contribution >= 0.6 is 11.6 Å². The van der Waals surface area contributed by atoms with Crippen molar-refractivity contribution >= 4 is 29.0 Å². The number of halogens is 1. The van der Waals surface area contributed by atoms with Crippen molar-refractivity contribution in [2.45, 2.75) is 33.2 Å². The van der Waals surface area contributed by atoms with Gasteiger partial charge in [0.15, 0.2) is 5.65 Å². The molecule has 0 atom stereocenters. The second kappa shape index (κ2) is 8.86. The van der Waals surface area contributed by atoms with E-state index < -0.39 is 0 Å². The summed E-state index contributed by atoms with van der Waals surface area (Å²) in [5.41, 5.74) is 5.61. The summed E-state index contributed by atoms with van der Waals surface area (Å²) in [6.45, 7) is 6.04. The van der Waals surface area contributed by atoms with E-state index in [2.05, 4.69) is 31.5 Å². The van der Waals surface area contributed by atoms with Crippen LogP contribution in [0.1, 0.15) is 29.8 Å². The van der Waals surface area contributed by atoms with Crippen LogP contribution in [0.25, 0.3) is 16.9 Å². The lowest BCUT2D eigenvalue weighted by Crippen LogP contribution is -2.41. The van der Waals surface area contributed by atoms with Gasteiger partial charge in [-0.25, -0.2) is 4.98 Å². The average molecular weight is 464 g/mol. The highest BCUT2D eigenvalue weighted by atomic mass is 35.5. The van der Waals surface area contributed by atoms with Gasteiger partial charge in [-0.3, -0.25) is 9.89 Å². The van der Waals surface area contributed by atoms with Crippen molar-refractivity contribution in [3.05, 3.63) is 64.6 Å². The highest BCUT2D eigenvalue weighted by molar-refractivity contribution is 6.30. The summed E-state index contributed by atoms with van der Waals surface area (Å²) in [5.74, 6) is 1.12. The van der Waals surface area contributed by atoms with E-state index in [1.807, 2.05) is 48.7 Å². The zero-order valence-electron chi connectivity index (χ0n) is 18.7. The number of anilines is 1. The molecule has 4 heterocycles. The maximum absolute atomic E-state index is 12.7. The number of fused-ring (bicyclic) bond motifs is 1. The summed E-state index contributed by atoms with van der Waals surface area (Å²) >= 11 is 6.03. The molecule has 1 saturated heterocycles. The molecule has 0 spiro atoms. The Morgan fingerprint density at radius 3 is 2.64 bits per heavy atom. The Morgan fingerprint density at radius 1 is 1.18 bits per heavy atom. The van der Waals surface area contributed by atoms with Gasteiger partial charge in [0.2, 0.25) is 5.91 Å². The molecule has 1 aliphatic heterocycles. The number of H-pyrrole nitrogens is 1. The van der Waals surface area contributed by atoms with Crippen molar-refractivity contribution < 1.29 is 4.79 Å². The molecule has 5 rings (SSSR count). The predicted molar refractivity (Wildman–Crippen MR) is 128 cm³/mol. The molecular formula is C24H26ClN7O. The molecule has 0 saturated carbocycles. The Kier molecular flexibility index (Phi) is 5.76. The van der Waals surface area contributed by atoms with Gasteiger partial charge in [0, 0.05) is 65.2 Å². The van der Waals surface area contributed by atoms with Crippen LogP contribution in [0.5, 0.6) is 0 Å². The zero-order valence-corrected chi connectivity index (χ0v) is 19.4. The molecule has 3 aromatic heterocycles. The Balaban J connectivity index is 1.30. The number of hydrogen-bond donors (Lipinski definition) is 2. The summed E-state index contributed by atoms with van der Waals surface area (Å²) in [7, 11) is 0. The minimum absolute atomic E-state index is 0.00846. The van der Waals surface area contributed by atoms with Gasteiger partial charge in [-0.15, -0.1) is 0 Å². The van der Waals surface area contributed by atoms with Crippen LogP contribution in [-0.4, -0.2) is 43.8 Å². The molecule has 170 valence electrons. The monoisotopic (exact) mass is 463 g/mol. The SMILES string of the molecule is Cc1cc(N2CCC(C(=O)NCc3cn[nH]c3C)CC2)n2nc(-c3ccc(Cl)cc3)cc2n1. The molecule has 9 heteroatoms. The standard InChI is InChI=1S/C24H26ClN7O/c1-15-11-23(32-22(28-15)12-21(30-32)17-3-5-20(25)6-4-17)31-9-7-18(8-10-31)24(33)26-13-19-14-27-29-16(19)2/h3-6,11-12,14,18H,7-10,13H2,1-2H3,(H,26,33)(H,27,29). The number of benzene rings is 1. The van der Waals surface area contributed by atoms with E-state index in [0.29, 0.717) is 11.6 Å². The van der Waals surface area contributed by atoms with Gasteiger partial charge in [-0.2, -0.15) is 14.7 Å². The summed E-state index contributed by atoms with van der Waals surface area (Å²) in [6.07, 6.45) is 3.35. The van der Waals surface area contributed by atoms with Crippen molar-refractivity contribution in [1.82, 2.24) is 30.1 Å². The molecule has 33 heavy (non-hydrogen) atoms. The third-order valence-corrected chi connectivity index (χ3v) is 6.51. The second-order valence-electron chi connectivity index (χ2n) is 8.56. The van der Waals surface area contributed by atoms with E-state index in [0.717, 1.165) is 65.6 Å². The lowest BCUT2D eigenvalue weighted by molar-refractivity contribution is -0.125. The van der Waals surface area contributed by atoms with Gasteiger partial charge in [-0.1, -0.05) is 23.7 Å². The third kappa shape index (κ3) is 4.43. The molecule has 1 aliphatic rings. The summed E-state index contributed by atoms with van der Waals surface area (Å²) < 4.78 is 1.90. The number of carbonyl (C=O) groups is 1. The molecule has 0 bridgehead atoms. The topological polar surface area (TPSA) is 91.2 Å². The number of rotatable bonds is 5. The number of nitrogens with zero attached hydrogens (tertiary/aromatic N) is 5. The molecule has 0 unspecified atom stereocenters. The van der Waals surface area contributed by atoms with Crippen LogP contribution in [0.4, 0.5) is 5.82 Å². The molecule has 0 aliphatic carbocycles. The molecule has 0 radical (unpaired) electrons. The molecule has 1 fully saturated rings. The number of amides is 1. The van der Waals surface area contributed by atoms with Crippen LogP contribution in [0.3, 0.4) is 0 Å². The highest BCUT2D eigenvalue weighted by Crippen LogP contribution is 2.27. The first-order valence-electron chi connectivity index (χ1n) is 11.1. The number of aryl methyl sites for hydroxylation is 2. The van der Waals surface area contributed by atoms with Gasteiger partial charge in [-0.05, 0) is 38.8 Å². The number of aromatic nitrogens is 5. The van der Waals surface area contributed by atoms with E-state index >= 15 is 0 Å². The van der Waals surface area contributed by atoms with Crippen LogP contribution in [-0.2, 0) is 11.3 Å². The van der Waals surface area contributed by atoms with Crippen LogP contribution in [0.15, 0.2) is 42.6 Å². The van der Waals surface area contributed by atoms with E-state index in [1.165, 1.54) is 0 Å². The molecule has 2 N–H and O–H groups in total. The molecule has 4 aromatic rings. The first kappa shape index (κ1) is 21.5. The minimum atomic E-state index is 0.00846. The fraction of sp³-hybridized carbons (Fsp3) is 0.333. The summed E-state index contributed by atoms with van der Waals surface area (Å²) in [4.78, 5) is 19.7. The van der Waals surface area contributed by atoms with E-state index in [9.17, 15) is 4.79 Å². The van der Waals surface area contributed by atoms with Crippen molar-refractivity contribution in [2.75, 3.05) is 18.0 Å². The van der Waals surface area contributed by atoms with Crippen molar-refractivity contribution in [1.29, 1.82) is 0 Å². The van der Waals surface area contributed by atoms with Crippen LogP contribution < -0.4 is 10.2 Å². The molecule has 1 aromatic carbocycles. The Bertz CT molecular complexity index is 1290. The molecule has 8 nitrogen and oxygen atoms in total. The van der Waals surface area contributed by atoms with Crippen LogP contribution in [0, 0.1) is 19.8 Å². The average Bonchev–Trinajstić information content (AvgIpc) is 3.43. The van der Waals surface area contributed by atoms with Gasteiger partial charge in [0.05, 0.1) is 11.9 Å². The smallest absolute Gasteiger partial charge is 0.223 e. The number of aromatic amines is 1. The minimum Gasteiger partial charge on any atom is -0.356 e. The van der Waals surface area contributed by atoms with E-state index in [-0.39, 0.29) is 11.8 Å². The number of hydrogen-bond acceptors (Lipinski definition) is 5. The van der Waals surface area contributed by atoms with Gasteiger partial charge < -0.3 is 10.2 Å². The Morgan fingerprint density at radius 2 is 1.94 bits per heavy atom. The number of nitrogens with one attached hydrogen (secondary N) is 2. The third-order valence-electron chi connectivity index (χ3n) is 6.25. The normalized spacial score (nSPS) is 14.7. The largest absolute Gasteiger partial charge is 0.356 e. The van der Waals surface area contributed by atoms with Gasteiger partial charge >= 0.3 is 0 Å². The predicted octanol–water partition coefficient (Wildman–Crippen LogP) is 3.92. The molecule has 1 amide bonds. The van der Waals surface area contributed by atoms with Crippen molar-refractivity contribution in [2.24, 2.45) is 5.92 Å². The fourth-order valence-corrected chi connectivity index (χ4v) is 4.44. The van der Waals surface area contributed by atoms with E-state index in [1.54, 1.807) is 6.20 Å². The maximum atomic E-state index is 12.7. The summed E-state index contributed by atoms with van der Waals surface area (Å²) in [5, 5.41) is 15.5. The Labute approximate surface area is 197 Å². The quantitative estimate of drug-likeness (QED) is 0.468. The second-order valence-corrected chi connectivity index (χ2v) is 9.00. The zero-order chi connectivity index (χ0) is 22.9. The fourth-order valence-electron chi connectivity index (χ4n) is 4.32. The Hall–Kier alpha value is -3.39. The highest BCUT2D eigenvalue weighted by Gasteiger charge is 2.26. The number of piperidine rings is 1. The first-order valence-corrected chi connectivity index (χ1v) is 11.5. The van der Waals surface area contributed by atoms with E-state index in [4.69, 9.17) is 16.7 Å². The first-order chi connectivity index (χ1) is 16.0. The van der Waals surface area contributed by atoms with Gasteiger partial charge in [0.1, 0.15) is 5.82 Å². The van der Waals surface area contributed by atoms with Crippen molar-refractivity contribution in [3.63, 3.8) is 0 Å². The summed E-state index contributed by atoms with van der Waals surface area (Å²) in [6, 6.07) is 11.7. The van der Waals surface area contributed by atoms with Crippen LogP contribution in [0.2, 0.25) is 5.02 Å². The molecular weight excluding hydrogens is 438 g/mol. The lowest BCUT2D eigenvalue weighted by atomic mass is 9.96. The van der Waals surface area contributed by atoms with Gasteiger partial charge in [0.25, 0.3) is 0 Å². The number of carbonyl (C=O) groups excluding carboxylic acids is 1. The van der Waals surface area contributed by atoms with Crippen molar-refractivity contribution in [3.8, 4) is 11.3 Å². The lowest BCUT2D eigenvalue weighted by Gasteiger charge is -2.33. The maximum Gasteiger partial charge on any atom is 0.223 e.